The van der Waals surface area contributed by atoms with Crippen LogP contribution in [0.5, 0.6) is 0 Å². The van der Waals surface area contributed by atoms with Gasteiger partial charge in [0.05, 0.1) is 11.0 Å². The predicted molar refractivity (Wildman–Crippen MR) is 111 cm³/mol. The average molecular weight is 398 g/mol. The second-order valence-corrected chi connectivity index (χ2v) is 10.1. The number of piperidine rings is 1. The van der Waals surface area contributed by atoms with Crippen LogP contribution in [0.2, 0.25) is 0 Å². The van der Waals surface area contributed by atoms with Crippen molar-refractivity contribution >= 4 is 17.5 Å². The van der Waals surface area contributed by atoms with Crippen molar-refractivity contribution in [1.29, 1.82) is 0 Å². The number of amides is 2. The van der Waals surface area contributed by atoms with E-state index in [0.29, 0.717) is 23.3 Å². The Kier molecular flexibility index (Phi) is 4.56. The number of hydrogen-bond donors (Lipinski definition) is 1. The number of nitrogens with one attached hydrogen (secondary N) is 1. The fourth-order valence-corrected chi connectivity index (χ4v) is 6.84. The van der Waals surface area contributed by atoms with Gasteiger partial charge in [-0.3, -0.25) is 14.4 Å². The number of pyridine rings is 1. The highest BCUT2D eigenvalue weighted by molar-refractivity contribution is 5.98. The fraction of sp³-hybridized carbons (Fsp3) is 0.696. The van der Waals surface area contributed by atoms with Gasteiger partial charge in [0.2, 0.25) is 5.91 Å². The molecule has 4 bridgehead atoms. The van der Waals surface area contributed by atoms with Crippen LogP contribution in [0.25, 0.3) is 0 Å². The molecule has 6 nitrogen and oxygen atoms in total. The largest absolute Gasteiger partial charge is 0.339 e. The summed E-state index contributed by atoms with van der Waals surface area (Å²) in [5.41, 5.74) is 0.163. The monoisotopic (exact) mass is 397 g/mol. The van der Waals surface area contributed by atoms with E-state index in [0.717, 1.165) is 51.6 Å². The second-order valence-electron chi connectivity index (χ2n) is 10.1. The molecule has 0 unspecified atom stereocenters. The maximum Gasteiger partial charge on any atom is 0.274 e. The Bertz CT molecular complexity index is 862. The SMILES string of the molecule is Cn1cc(C(=O)N2CCCCC2)cc(NC(=O)C23CC4CC(CC(C4)C2)C3)c1=O. The summed E-state index contributed by atoms with van der Waals surface area (Å²) >= 11 is 0. The fourth-order valence-electron chi connectivity index (χ4n) is 6.84. The summed E-state index contributed by atoms with van der Waals surface area (Å²) in [5.74, 6) is 1.95. The molecule has 1 aromatic heterocycles. The maximum atomic E-state index is 13.4. The quantitative estimate of drug-likeness (QED) is 0.852. The first-order valence-electron chi connectivity index (χ1n) is 11.2. The summed E-state index contributed by atoms with van der Waals surface area (Å²) in [5, 5.41) is 2.96. The molecule has 1 saturated heterocycles. The van der Waals surface area contributed by atoms with Crippen molar-refractivity contribution in [2.45, 2.75) is 57.8 Å². The Hall–Kier alpha value is -2.11. The van der Waals surface area contributed by atoms with Gasteiger partial charge in [0.1, 0.15) is 5.69 Å². The van der Waals surface area contributed by atoms with Gasteiger partial charge in [-0.05, 0) is 81.6 Å². The Balaban J connectivity index is 1.39. The molecule has 0 spiro atoms. The van der Waals surface area contributed by atoms with E-state index in [2.05, 4.69) is 5.32 Å². The summed E-state index contributed by atoms with van der Waals surface area (Å²) in [6.45, 7) is 1.52. The van der Waals surface area contributed by atoms with Crippen LogP contribution in [-0.4, -0.2) is 34.4 Å². The Morgan fingerprint density at radius 1 is 1.00 bits per heavy atom. The number of aryl methyl sites for hydroxylation is 1. The number of hydrogen-bond acceptors (Lipinski definition) is 3. The molecule has 6 rings (SSSR count). The lowest BCUT2D eigenvalue weighted by atomic mass is 9.49. The number of aromatic nitrogens is 1. The minimum absolute atomic E-state index is 0.00345. The molecule has 1 aromatic rings. The highest BCUT2D eigenvalue weighted by atomic mass is 16.2. The lowest BCUT2D eigenvalue weighted by Gasteiger charge is -2.55. The molecule has 0 aromatic carbocycles. The number of likely N-dealkylation sites (tertiary alicyclic amines) is 1. The minimum atomic E-state index is -0.313. The molecule has 5 aliphatic rings. The van der Waals surface area contributed by atoms with Crippen LogP contribution < -0.4 is 10.9 Å². The zero-order valence-electron chi connectivity index (χ0n) is 17.3. The van der Waals surface area contributed by atoms with E-state index in [1.165, 1.54) is 23.8 Å². The lowest BCUT2D eigenvalue weighted by Crippen LogP contribution is -2.52. The van der Waals surface area contributed by atoms with Crippen molar-refractivity contribution in [3.8, 4) is 0 Å². The standard InChI is InChI=1S/C23H31N3O3/c1-25-14-18(20(27)26-5-3-2-4-6-26)10-19(21(25)28)24-22(29)23-11-15-7-16(12-23)9-17(8-15)13-23/h10,14-17H,2-9,11-13H2,1H3,(H,24,29). The van der Waals surface area contributed by atoms with Gasteiger partial charge in [-0.15, -0.1) is 0 Å². The Morgan fingerprint density at radius 3 is 2.17 bits per heavy atom. The molecular formula is C23H31N3O3. The number of carbonyl (C=O) groups excluding carboxylic acids is 2. The lowest BCUT2D eigenvalue weighted by molar-refractivity contribution is -0.140. The van der Waals surface area contributed by atoms with Gasteiger partial charge in [0.25, 0.3) is 11.5 Å². The van der Waals surface area contributed by atoms with E-state index in [1.807, 2.05) is 4.90 Å². The molecule has 156 valence electrons. The first kappa shape index (κ1) is 18.9. The molecule has 0 radical (unpaired) electrons. The van der Waals surface area contributed by atoms with Crippen molar-refractivity contribution < 1.29 is 9.59 Å². The van der Waals surface area contributed by atoms with Crippen LogP contribution in [0, 0.1) is 23.2 Å². The second kappa shape index (κ2) is 6.99. The van der Waals surface area contributed by atoms with Gasteiger partial charge >= 0.3 is 0 Å². The van der Waals surface area contributed by atoms with Gasteiger partial charge in [-0.25, -0.2) is 0 Å². The average Bonchev–Trinajstić information content (AvgIpc) is 2.70. The van der Waals surface area contributed by atoms with Gasteiger partial charge in [0, 0.05) is 26.3 Å². The summed E-state index contributed by atoms with van der Waals surface area (Å²) < 4.78 is 1.42. The third-order valence-corrected chi connectivity index (χ3v) is 7.84. The molecule has 4 aliphatic carbocycles. The summed E-state index contributed by atoms with van der Waals surface area (Å²) in [4.78, 5) is 40.8. The zero-order chi connectivity index (χ0) is 20.2. The zero-order valence-corrected chi connectivity index (χ0v) is 17.3. The number of nitrogens with zero attached hydrogens (tertiary/aromatic N) is 2. The topological polar surface area (TPSA) is 71.4 Å². The third kappa shape index (κ3) is 3.30. The van der Waals surface area contributed by atoms with Crippen molar-refractivity contribution in [1.82, 2.24) is 9.47 Å². The highest BCUT2D eigenvalue weighted by Gasteiger charge is 2.54. The molecule has 1 aliphatic heterocycles. The van der Waals surface area contributed by atoms with Crippen molar-refractivity contribution in [3.05, 3.63) is 28.2 Å². The number of carbonyl (C=O) groups is 2. The van der Waals surface area contributed by atoms with E-state index in [1.54, 1.807) is 19.3 Å². The molecular weight excluding hydrogens is 366 g/mol. The van der Waals surface area contributed by atoms with Crippen LogP contribution in [0.4, 0.5) is 5.69 Å². The molecule has 2 amide bonds. The van der Waals surface area contributed by atoms with Gasteiger partial charge < -0.3 is 14.8 Å². The number of rotatable bonds is 3. The Morgan fingerprint density at radius 2 is 1.59 bits per heavy atom. The van der Waals surface area contributed by atoms with E-state index in [4.69, 9.17) is 0 Å². The van der Waals surface area contributed by atoms with Crippen molar-refractivity contribution in [2.24, 2.45) is 30.2 Å². The molecule has 29 heavy (non-hydrogen) atoms. The van der Waals surface area contributed by atoms with Crippen LogP contribution >= 0.6 is 0 Å². The molecule has 2 heterocycles. The summed E-state index contributed by atoms with van der Waals surface area (Å²) in [6.07, 6.45) is 11.5. The summed E-state index contributed by atoms with van der Waals surface area (Å²) in [7, 11) is 1.65. The molecule has 0 atom stereocenters. The number of anilines is 1. The predicted octanol–water partition coefficient (Wildman–Crippen LogP) is 3.17. The van der Waals surface area contributed by atoms with E-state index < -0.39 is 0 Å². The van der Waals surface area contributed by atoms with E-state index >= 15 is 0 Å². The Labute approximate surface area is 171 Å². The smallest absolute Gasteiger partial charge is 0.274 e. The van der Waals surface area contributed by atoms with Gasteiger partial charge in [-0.1, -0.05) is 0 Å². The van der Waals surface area contributed by atoms with E-state index in [9.17, 15) is 14.4 Å². The van der Waals surface area contributed by atoms with Crippen LogP contribution in [0.3, 0.4) is 0 Å². The first-order chi connectivity index (χ1) is 13.9. The maximum absolute atomic E-state index is 13.4. The van der Waals surface area contributed by atoms with Crippen LogP contribution in [0.1, 0.15) is 68.1 Å². The third-order valence-electron chi connectivity index (χ3n) is 7.84. The molecule has 5 fully saturated rings. The summed E-state index contributed by atoms with van der Waals surface area (Å²) in [6, 6.07) is 1.59. The highest BCUT2D eigenvalue weighted by Crippen LogP contribution is 2.60. The van der Waals surface area contributed by atoms with Crippen LogP contribution in [0.15, 0.2) is 17.1 Å². The molecule has 6 heteroatoms. The van der Waals surface area contributed by atoms with Gasteiger partial charge in [-0.2, -0.15) is 0 Å². The molecule has 1 N–H and O–H groups in total. The van der Waals surface area contributed by atoms with Crippen LogP contribution in [-0.2, 0) is 11.8 Å². The van der Waals surface area contributed by atoms with Crippen molar-refractivity contribution in [2.75, 3.05) is 18.4 Å². The minimum Gasteiger partial charge on any atom is -0.339 e. The molecule has 4 saturated carbocycles. The van der Waals surface area contributed by atoms with E-state index in [-0.39, 0.29) is 28.5 Å². The van der Waals surface area contributed by atoms with Crippen molar-refractivity contribution in [3.63, 3.8) is 0 Å². The first-order valence-corrected chi connectivity index (χ1v) is 11.2. The van der Waals surface area contributed by atoms with Gasteiger partial charge in [0.15, 0.2) is 0 Å². The normalized spacial score (nSPS) is 33.0.